The second-order valence-electron chi connectivity index (χ2n) is 5.33. The van der Waals surface area contributed by atoms with Gasteiger partial charge in [0.2, 0.25) is 5.91 Å². The zero-order valence-corrected chi connectivity index (χ0v) is 12.5. The minimum absolute atomic E-state index is 0.0296. The standard InChI is InChI=1S/C12H24N2O3S/c1-5-10-12(15)14(11(13-10)9(2)3)7-6-8-18(4,16)17/h9-11,13H,5-8H2,1-4H3. The Hall–Kier alpha value is -0.620. The van der Waals surface area contributed by atoms with E-state index in [1.807, 2.05) is 6.92 Å². The summed E-state index contributed by atoms with van der Waals surface area (Å²) in [5.74, 6) is 0.562. The third-order valence-electron chi connectivity index (χ3n) is 3.24. The predicted molar refractivity (Wildman–Crippen MR) is 71.9 cm³/mol. The lowest BCUT2D eigenvalue weighted by molar-refractivity contribution is -0.130. The minimum Gasteiger partial charge on any atom is -0.325 e. The van der Waals surface area contributed by atoms with Crippen LogP contribution in [0.3, 0.4) is 0 Å². The molecule has 0 aromatic carbocycles. The summed E-state index contributed by atoms with van der Waals surface area (Å²) in [6, 6.07) is -0.115. The minimum atomic E-state index is -2.95. The summed E-state index contributed by atoms with van der Waals surface area (Å²) < 4.78 is 22.2. The summed E-state index contributed by atoms with van der Waals surface area (Å²) in [6.07, 6.45) is 2.53. The molecule has 0 aromatic rings. The van der Waals surface area contributed by atoms with Gasteiger partial charge in [-0.1, -0.05) is 20.8 Å². The molecule has 0 spiro atoms. The first-order chi connectivity index (χ1) is 8.26. The van der Waals surface area contributed by atoms with Crippen molar-refractivity contribution in [3.63, 3.8) is 0 Å². The normalized spacial score (nSPS) is 25.2. The van der Waals surface area contributed by atoms with Crippen molar-refractivity contribution in [2.75, 3.05) is 18.6 Å². The summed E-state index contributed by atoms with van der Waals surface area (Å²) in [4.78, 5) is 13.9. The van der Waals surface area contributed by atoms with Crippen molar-refractivity contribution in [1.29, 1.82) is 0 Å². The van der Waals surface area contributed by atoms with Gasteiger partial charge in [-0.15, -0.1) is 0 Å². The van der Waals surface area contributed by atoms with Gasteiger partial charge in [0.25, 0.3) is 0 Å². The molecule has 1 aliphatic rings. The largest absolute Gasteiger partial charge is 0.325 e. The van der Waals surface area contributed by atoms with E-state index < -0.39 is 9.84 Å². The van der Waals surface area contributed by atoms with Crippen LogP contribution in [-0.2, 0) is 14.6 Å². The molecule has 0 aliphatic carbocycles. The van der Waals surface area contributed by atoms with Gasteiger partial charge in [0.1, 0.15) is 9.84 Å². The molecule has 2 atom stereocenters. The van der Waals surface area contributed by atoms with Crippen LogP contribution in [0.2, 0.25) is 0 Å². The lowest BCUT2D eigenvalue weighted by atomic mass is 10.1. The van der Waals surface area contributed by atoms with Crippen LogP contribution in [-0.4, -0.2) is 50.0 Å². The van der Waals surface area contributed by atoms with E-state index in [0.29, 0.717) is 18.9 Å². The van der Waals surface area contributed by atoms with Gasteiger partial charge in [-0.2, -0.15) is 0 Å². The summed E-state index contributed by atoms with van der Waals surface area (Å²) in [5, 5.41) is 3.31. The number of hydrogen-bond acceptors (Lipinski definition) is 4. The molecular formula is C12H24N2O3S. The summed E-state index contributed by atoms with van der Waals surface area (Å²) >= 11 is 0. The van der Waals surface area contributed by atoms with Gasteiger partial charge in [-0.3, -0.25) is 10.1 Å². The van der Waals surface area contributed by atoms with Gasteiger partial charge >= 0.3 is 0 Å². The highest BCUT2D eigenvalue weighted by Gasteiger charge is 2.38. The van der Waals surface area contributed by atoms with E-state index in [9.17, 15) is 13.2 Å². The second-order valence-corrected chi connectivity index (χ2v) is 7.59. The van der Waals surface area contributed by atoms with E-state index in [0.717, 1.165) is 6.42 Å². The molecular weight excluding hydrogens is 252 g/mol. The highest BCUT2D eigenvalue weighted by molar-refractivity contribution is 7.90. The fraction of sp³-hybridized carbons (Fsp3) is 0.917. The molecule has 1 amide bonds. The topological polar surface area (TPSA) is 66.5 Å². The zero-order valence-electron chi connectivity index (χ0n) is 11.6. The molecule has 1 N–H and O–H groups in total. The Morgan fingerprint density at radius 2 is 2.00 bits per heavy atom. The first-order valence-corrected chi connectivity index (χ1v) is 8.56. The van der Waals surface area contributed by atoms with Crippen molar-refractivity contribution >= 4 is 15.7 Å². The van der Waals surface area contributed by atoms with E-state index in [1.54, 1.807) is 4.90 Å². The second kappa shape index (κ2) is 6.02. The quantitative estimate of drug-likeness (QED) is 0.772. The third kappa shape index (κ3) is 3.95. The SMILES string of the molecule is CCC1NC(C(C)C)N(CCCS(C)(=O)=O)C1=O. The smallest absolute Gasteiger partial charge is 0.241 e. The Morgan fingerprint density at radius 3 is 2.44 bits per heavy atom. The Labute approximate surface area is 110 Å². The van der Waals surface area contributed by atoms with Crippen molar-refractivity contribution in [2.45, 2.75) is 45.8 Å². The van der Waals surface area contributed by atoms with Gasteiger partial charge < -0.3 is 4.90 Å². The zero-order chi connectivity index (χ0) is 13.9. The number of nitrogens with one attached hydrogen (secondary N) is 1. The maximum absolute atomic E-state index is 12.1. The lowest BCUT2D eigenvalue weighted by Crippen LogP contribution is -2.42. The summed E-state index contributed by atoms with van der Waals surface area (Å²) in [5.41, 5.74) is 0. The average Bonchev–Trinajstić information content (AvgIpc) is 2.54. The maximum atomic E-state index is 12.1. The monoisotopic (exact) mass is 276 g/mol. The van der Waals surface area contributed by atoms with Gasteiger partial charge in [-0.25, -0.2) is 8.42 Å². The molecule has 1 aliphatic heterocycles. The van der Waals surface area contributed by atoms with Crippen LogP contribution in [0.15, 0.2) is 0 Å². The molecule has 0 bridgehead atoms. The molecule has 106 valence electrons. The van der Waals surface area contributed by atoms with Gasteiger partial charge in [0.05, 0.1) is 18.0 Å². The Morgan fingerprint density at radius 1 is 1.39 bits per heavy atom. The van der Waals surface area contributed by atoms with Crippen molar-refractivity contribution in [2.24, 2.45) is 5.92 Å². The molecule has 18 heavy (non-hydrogen) atoms. The van der Waals surface area contributed by atoms with Crippen molar-refractivity contribution < 1.29 is 13.2 Å². The summed E-state index contributed by atoms with van der Waals surface area (Å²) in [7, 11) is -2.95. The molecule has 5 nitrogen and oxygen atoms in total. The van der Waals surface area contributed by atoms with Crippen LogP contribution in [0.4, 0.5) is 0 Å². The van der Waals surface area contributed by atoms with Crippen LogP contribution >= 0.6 is 0 Å². The Bertz CT molecular complexity index is 392. The van der Waals surface area contributed by atoms with Gasteiger partial charge in [0.15, 0.2) is 0 Å². The van der Waals surface area contributed by atoms with E-state index in [2.05, 4.69) is 19.2 Å². The third-order valence-corrected chi connectivity index (χ3v) is 4.27. The fourth-order valence-electron chi connectivity index (χ4n) is 2.30. The van der Waals surface area contributed by atoms with E-state index in [4.69, 9.17) is 0 Å². The average molecular weight is 276 g/mol. The molecule has 1 fully saturated rings. The van der Waals surface area contributed by atoms with Gasteiger partial charge in [-0.05, 0) is 18.8 Å². The lowest BCUT2D eigenvalue weighted by Gasteiger charge is -2.27. The van der Waals surface area contributed by atoms with Crippen molar-refractivity contribution in [1.82, 2.24) is 10.2 Å². The molecule has 1 heterocycles. The highest BCUT2D eigenvalue weighted by atomic mass is 32.2. The maximum Gasteiger partial charge on any atom is 0.241 e. The number of rotatable bonds is 6. The van der Waals surface area contributed by atoms with E-state index in [-0.39, 0.29) is 23.9 Å². The Balaban J connectivity index is 2.62. The number of amides is 1. The van der Waals surface area contributed by atoms with Crippen LogP contribution in [0.1, 0.15) is 33.6 Å². The van der Waals surface area contributed by atoms with Crippen molar-refractivity contribution in [3.8, 4) is 0 Å². The van der Waals surface area contributed by atoms with Crippen LogP contribution in [0.5, 0.6) is 0 Å². The fourth-order valence-corrected chi connectivity index (χ4v) is 2.95. The number of carbonyl (C=O) groups is 1. The number of sulfone groups is 1. The van der Waals surface area contributed by atoms with Crippen LogP contribution in [0.25, 0.3) is 0 Å². The van der Waals surface area contributed by atoms with E-state index in [1.165, 1.54) is 6.26 Å². The molecule has 1 rings (SSSR count). The Kier molecular flexibility index (Phi) is 5.16. The molecule has 1 saturated heterocycles. The number of hydrogen-bond donors (Lipinski definition) is 1. The number of carbonyl (C=O) groups excluding carboxylic acids is 1. The van der Waals surface area contributed by atoms with Crippen LogP contribution in [0, 0.1) is 5.92 Å². The van der Waals surface area contributed by atoms with Gasteiger partial charge in [0, 0.05) is 12.8 Å². The molecule has 0 radical (unpaired) electrons. The molecule has 0 aromatic heterocycles. The predicted octanol–water partition coefficient (Wildman–Crippen LogP) is 0.614. The van der Waals surface area contributed by atoms with E-state index >= 15 is 0 Å². The molecule has 6 heteroatoms. The molecule has 2 unspecified atom stereocenters. The van der Waals surface area contributed by atoms with Crippen LogP contribution < -0.4 is 5.32 Å². The first kappa shape index (κ1) is 15.4. The summed E-state index contributed by atoms with van der Waals surface area (Å²) in [6.45, 7) is 6.62. The van der Waals surface area contributed by atoms with Crippen molar-refractivity contribution in [3.05, 3.63) is 0 Å². The highest BCUT2D eigenvalue weighted by Crippen LogP contribution is 2.19. The first-order valence-electron chi connectivity index (χ1n) is 6.50. The number of nitrogens with zero attached hydrogens (tertiary/aromatic N) is 1. The molecule has 0 saturated carbocycles.